The van der Waals surface area contributed by atoms with Crippen molar-refractivity contribution in [1.29, 1.82) is 0 Å². The van der Waals surface area contributed by atoms with Crippen LogP contribution < -0.4 is 5.32 Å². The van der Waals surface area contributed by atoms with Crippen molar-refractivity contribution in [2.45, 2.75) is 26.3 Å². The molecule has 0 spiro atoms. The highest BCUT2D eigenvalue weighted by Crippen LogP contribution is 1.80. The third-order valence-corrected chi connectivity index (χ3v) is 1.07. The lowest BCUT2D eigenvalue weighted by molar-refractivity contribution is -0.138. The number of aliphatic carboxylic acids is 1. The highest BCUT2D eigenvalue weighted by Gasteiger charge is 2.06. The zero-order chi connectivity index (χ0) is 7.28. The normalized spacial score (nSPS) is 13.1. The smallest absolute Gasteiger partial charge is 0.320 e. The van der Waals surface area contributed by atoms with Crippen LogP contribution in [0.3, 0.4) is 0 Å². The van der Waals surface area contributed by atoms with Gasteiger partial charge in [0.25, 0.3) is 0 Å². The summed E-state index contributed by atoms with van der Waals surface area (Å²) < 4.78 is 0. The number of carboxylic acid groups (broad SMARTS) is 1. The summed E-state index contributed by atoms with van der Waals surface area (Å²) in [5, 5.41) is 11.2. The maximum absolute atomic E-state index is 10.1. The molecule has 0 aliphatic rings. The van der Waals surface area contributed by atoms with Gasteiger partial charge in [-0.05, 0) is 19.9 Å². The Bertz CT molecular complexity index is 93.1. The molecular formula is C6H13NO2. The van der Waals surface area contributed by atoms with Crippen molar-refractivity contribution in [3.8, 4) is 0 Å². The Labute approximate surface area is 55.1 Å². The molecular weight excluding hydrogens is 118 g/mol. The van der Waals surface area contributed by atoms with E-state index in [9.17, 15) is 4.79 Å². The van der Waals surface area contributed by atoms with Crippen molar-refractivity contribution in [2.75, 3.05) is 6.54 Å². The monoisotopic (exact) mass is 131 g/mol. The average Bonchev–Trinajstić information content (AvgIpc) is 1.82. The molecule has 0 aliphatic heterocycles. The van der Waals surface area contributed by atoms with Crippen LogP contribution in [0.15, 0.2) is 0 Å². The summed E-state index contributed by atoms with van der Waals surface area (Å²) in [6, 6.07) is -0.412. The second kappa shape index (κ2) is 4.32. The molecule has 0 radical (unpaired) electrons. The van der Waals surface area contributed by atoms with Crippen LogP contribution in [0.1, 0.15) is 20.3 Å². The first kappa shape index (κ1) is 8.43. The van der Waals surface area contributed by atoms with Crippen molar-refractivity contribution in [1.82, 2.24) is 5.32 Å². The van der Waals surface area contributed by atoms with Gasteiger partial charge in [0, 0.05) is 0 Å². The lowest BCUT2D eigenvalue weighted by Gasteiger charge is -2.05. The molecule has 0 aromatic rings. The van der Waals surface area contributed by atoms with Crippen LogP contribution in [0.4, 0.5) is 0 Å². The molecule has 54 valence electrons. The zero-order valence-electron chi connectivity index (χ0n) is 5.85. The first-order valence-corrected chi connectivity index (χ1v) is 3.14. The minimum Gasteiger partial charge on any atom is -0.480 e. The number of hydrogen-bond donors (Lipinski definition) is 2. The summed E-state index contributed by atoms with van der Waals surface area (Å²) in [6.07, 6.45) is 0.970. The average molecular weight is 131 g/mol. The summed E-state index contributed by atoms with van der Waals surface area (Å²) in [5.74, 6) is -0.788. The van der Waals surface area contributed by atoms with E-state index in [0.717, 1.165) is 13.0 Å². The molecule has 0 aliphatic carbocycles. The van der Waals surface area contributed by atoms with Crippen LogP contribution in [0.5, 0.6) is 0 Å². The van der Waals surface area contributed by atoms with Crippen LogP contribution in [0.25, 0.3) is 0 Å². The number of nitrogens with one attached hydrogen (secondary N) is 1. The molecule has 0 aromatic carbocycles. The summed E-state index contributed by atoms with van der Waals surface area (Å²) in [4.78, 5) is 10.1. The van der Waals surface area contributed by atoms with Crippen LogP contribution >= 0.6 is 0 Å². The molecule has 0 aromatic heterocycles. The second-order valence-corrected chi connectivity index (χ2v) is 2.01. The van der Waals surface area contributed by atoms with E-state index < -0.39 is 12.0 Å². The van der Waals surface area contributed by atoms with Gasteiger partial charge < -0.3 is 10.4 Å². The Morgan fingerprint density at radius 3 is 2.67 bits per heavy atom. The van der Waals surface area contributed by atoms with Crippen molar-refractivity contribution >= 4 is 5.97 Å². The fourth-order valence-corrected chi connectivity index (χ4v) is 0.448. The Morgan fingerprint density at radius 2 is 2.33 bits per heavy atom. The van der Waals surface area contributed by atoms with E-state index in [4.69, 9.17) is 5.11 Å². The molecule has 2 N–H and O–H groups in total. The summed E-state index contributed by atoms with van der Waals surface area (Å²) in [7, 11) is 0. The highest BCUT2D eigenvalue weighted by atomic mass is 16.4. The first-order chi connectivity index (χ1) is 4.18. The summed E-state index contributed by atoms with van der Waals surface area (Å²) in [6.45, 7) is 4.41. The number of hydrogen-bond acceptors (Lipinski definition) is 2. The van der Waals surface area contributed by atoms with Gasteiger partial charge >= 0.3 is 5.97 Å². The van der Waals surface area contributed by atoms with E-state index in [1.165, 1.54) is 0 Å². The van der Waals surface area contributed by atoms with Crippen LogP contribution in [0.2, 0.25) is 0 Å². The maximum atomic E-state index is 10.1. The first-order valence-electron chi connectivity index (χ1n) is 3.14. The number of carbonyl (C=O) groups is 1. The summed E-state index contributed by atoms with van der Waals surface area (Å²) >= 11 is 0. The summed E-state index contributed by atoms with van der Waals surface area (Å²) in [5.41, 5.74) is 0. The zero-order valence-corrected chi connectivity index (χ0v) is 5.85. The predicted octanol–water partition coefficient (Wildman–Crippen LogP) is 0.459. The van der Waals surface area contributed by atoms with Crippen LogP contribution in [-0.4, -0.2) is 23.7 Å². The molecule has 0 amide bonds. The topological polar surface area (TPSA) is 49.3 Å². The van der Waals surface area contributed by atoms with Crippen LogP contribution in [0, 0.1) is 0 Å². The van der Waals surface area contributed by atoms with Gasteiger partial charge in [0.15, 0.2) is 0 Å². The van der Waals surface area contributed by atoms with E-state index in [2.05, 4.69) is 5.32 Å². The molecule has 9 heavy (non-hydrogen) atoms. The Kier molecular flexibility index (Phi) is 4.05. The molecule has 3 nitrogen and oxygen atoms in total. The largest absolute Gasteiger partial charge is 0.480 e. The lowest BCUT2D eigenvalue weighted by Crippen LogP contribution is -2.33. The predicted molar refractivity (Wildman–Crippen MR) is 35.4 cm³/mol. The quantitative estimate of drug-likeness (QED) is 0.582. The molecule has 0 unspecified atom stereocenters. The van der Waals surface area contributed by atoms with Gasteiger partial charge in [0.2, 0.25) is 0 Å². The number of carboxylic acids is 1. The molecule has 0 bridgehead atoms. The van der Waals surface area contributed by atoms with Gasteiger partial charge in [-0.1, -0.05) is 6.92 Å². The van der Waals surface area contributed by atoms with Gasteiger partial charge in [-0.25, -0.2) is 0 Å². The molecule has 0 heterocycles. The minimum atomic E-state index is -0.788. The van der Waals surface area contributed by atoms with Crippen LogP contribution in [-0.2, 0) is 4.79 Å². The molecule has 0 saturated heterocycles. The molecule has 3 heteroatoms. The molecule has 0 fully saturated rings. The van der Waals surface area contributed by atoms with Gasteiger partial charge in [0.1, 0.15) is 6.04 Å². The van der Waals surface area contributed by atoms with E-state index in [1.807, 2.05) is 6.92 Å². The van der Waals surface area contributed by atoms with Gasteiger partial charge in [-0.3, -0.25) is 4.79 Å². The van der Waals surface area contributed by atoms with Gasteiger partial charge in [-0.2, -0.15) is 0 Å². The third kappa shape index (κ3) is 3.97. The lowest BCUT2D eigenvalue weighted by atomic mass is 10.3. The third-order valence-electron chi connectivity index (χ3n) is 1.07. The van der Waals surface area contributed by atoms with E-state index in [0.29, 0.717) is 0 Å². The van der Waals surface area contributed by atoms with E-state index >= 15 is 0 Å². The van der Waals surface area contributed by atoms with Gasteiger partial charge in [0.05, 0.1) is 0 Å². The van der Waals surface area contributed by atoms with Crippen molar-refractivity contribution in [3.63, 3.8) is 0 Å². The Balaban J connectivity index is 3.27. The Morgan fingerprint density at radius 1 is 1.78 bits per heavy atom. The van der Waals surface area contributed by atoms with Crippen molar-refractivity contribution in [3.05, 3.63) is 0 Å². The number of rotatable bonds is 4. The highest BCUT2D eigenvalue weighted by molar-refractivity contribution is 5.72. The second-order valence-electron chi connectivity index (χ2n) is 2.01. The van der Waals surface area contributed by atoms with Gasteiger partial charge in [-0.15, -0.1) is 0 Å². The SMILES string of the molecule is CCCN[C@H](C)C(=O)O. The fourth-order valence-electron chi connectivity index (χ4n) is 0.448. The fraction of sp³-hybridized carbons (Fsp3) is 0.833. The van der Waals surface area contributed by atoms with Crippen molar-refractivity contribution in [2.24, 2.45) is 0 Å². The Hall–Kier alpha value is -0.570. The maximum Gasteiger partial charge on any atom is 0.320 e. The molecule has 1 atom stereocenters. The van der Waals surface area contributed by atoms with E-state index in [1.54, 1.807) is 6.92 Å². The molecule has 0 rings (SSSR count). The van der Waals surface area contributed by atoms with Crippen molar-refractivity contribution < 1.29 is 9.90 Å². The molecule has 0 saturated carbocycles. The minimum absolute atomic E-state index is 0.412. The standard InChI is InChI=1S/C6H13NO2/c1-3-4-7-5(2)6(8)9/h5,7H,3-4H2,1-2H3,(H,8,9)/t5-/m1/s1. The van der Waals surface area contributed by atoms with E-state index in [-0.39, 0.29) is 0 Å².